The van der Waals surface area contributed by atoms with Crippen molar-refractivity contribution in [1.29, 1.82) is 0 Å². The third-order valence-corrected chi connectivity index (χ3v) is 0.304. The topological polar surface area (TPSA) is 28.0 Å². The Kier molecular flexibility index (Phi) is 3.62. The maximum absolute atomic E-state index is 4.83. The van der Waals surface area contributed by atoms with Crippen LogP contribution in [0.4, 0.5) is 0 Å². The minimum absolute atomic E-state index is 0.451. The number of hydrogen-bond acceptors (Lipinski definition) is 2. The molecule has 3 nitrogen and oxygen atoms in total. The van der Waals surface area contributed by atoms with Crippen molar-refractivity contribution in [3.63, 3.8) is 0 Å². The second-order valence-corrected chi connectivity index (χ2v) is 1.34. The van der Waals surface area contributed by atoms with Crippen molar-refractivity contribution < 1.29 is 0 Å². The minimum atomic E-state index is 0.451. The molecule has 0 atom stereocenters. The van der Waals surface area contributed by atoms with Gasteiger partial charge in [-0.2, -0.15) is 0 Å². The Bertz CT molecular complexity index is 48.0. The van der Waals surface area contributed by atoms with E-state index in [1.807, 2.05) is 0 Å². The average molecular weight is 148 g/mol. The van der Waals surface area contributed by atoms with Crippen molar-refractivity contribution in [2.75, 3.05) is 0 Å². The number of rotatable bonds is 1. The molecule has 6 heteroatoms. The number of nitrogens with zero attached hydrogens (tertiary/aromatic N) is 3. The van der Waals surface area contributed by atoms with Crippen LogP contribution < -0.4 is 0 Å². The van der Waals surface area contributed by atoms with Crippen molar-refractivity contribution in [2.45, 2.75) is 0 Å². The fraction of sp³-hybridized carbons (Fsp3) is 0. The van der Waals surface area contributed by atoms with Crippen molar-refractivity contribution >= 4 is 35.3 Å². The molecule has 0 aliphatic rings. The lowest BCUT2D eigenvalue weighted by atomic mass is 12.7. The number of hydrogen-bond donors (Lipinski definition) is 0. The Labute approximate surface area is 49.8 Å². The molecule has 36 valence electrons. The molecule has 0 fully saturated rings. The first-order valence-electron chi connectivity index (χ1n) is 0.907. The van der Waals surface area contributed by atoms with Gasteiger partial charge in [0, 0.05) is 0 Å². The van der Waals surface area contributed by atoms with Crippen LogP contribution in [0.3, 0.4) is 0 Å². The first-order valence-corrected chi connectivity index (χ1v) is 1.92. The molecule has 0 aliphatic carbocycles. The molecule has 0 aromatic carbocycles. The highest BCUT2D eigenvalue weighted by Gasteiger charge is 1.78. The summed E-state index contributed by atoms with van der Waals surface area (Å²) in [5.41, 5.74) is 0. The third kappa shape index (κ3) is 4.27. The molecule has 0 bridgehead atoms. The van der Waals surface area contributed by atoms with E-state index in [0.29, 0.717) is 4.05 Å². The van der Waals surface area contributed by atoms with Crippen LogP contribution in [-0.4, -0.2) is 4.05 Å². The lowest BCUT2D eigenvalue weighted by molar-refractivity contribution is 0.723. The van der Waals surface area contributed by atoms with E-state index in [2.05, 4.69) is 21.6 Å². The molecule has 6 heavy (non-hydrogen) atoms. The zero-order chi connectivity index (χ0) is 4.99. The molecular formula is Cl3N3. The van der Waals surface area contributed by atoms with Gasteiger partial charge in [0.15, 0.2) is 0 Å². The summed E-state index contributed by atoms with van der Waals surface area (Å²) >= 11 is 14.3. The second kappa shape index (κ2) is 3.46. The van der Waals surface area contributed by atoms with E-state index in [1.165, 1.54) is 0 Å². The van der Waals surface area contributed by atoms with Gasteiger partial charge in [-0.3, -0.25) is 0 Å². The molecule has 0 saturated carbocycles. The monoisotopic (exact) mass is 147 g/mol. The molecule has 0 N–H and O–H groups in total. The highest BCUT2D eigenvalue weighted by atomic mass is 35.5. The highest BCUT2D eigenvalue weighted by Crippen LogP contribution is 1.99. The molecular weight excluding hydrogens is 148 g/mol. The van der Waals surface area contributed by atoms with Crippen LogP contribution in [0.1, 0.15) is 0 Å². The molecule has 0 rings (SSSR count). The Morgan fingerprint density at radius 3 is 1.83 bits per heavy atom. The van der Waals surface area contributed by atoms with E-state index in [9.17, 15) is 0 Å². The van der Waals surface area contributed by atoms with Gasteiger partial charge >= 0.3 is 0 Å². The van der Waals surface area contributed by atoms with E-state index < -0.39 is 0 Å². The van der Waals surface area contributed by atoms with Crippen LogP contribution in [0.5, 0.6) is 0 Å². The Balaban J connectivity index is 3.03. The summed E-state index contributed by atoms with van der Waals surface area (Å²) in [4.78, 5) is 0. The summed E-state index contributed by atoms with van der Waals surface area (Å²) in [6.07, 6.45) is 0. The quantitative estimate of drug-likeness (QED) is 0.318. The summed E-state index contributed by atoms with van der Waals surface area (Å²) in [5.74, 6) is 0. The zero-order valence-electron chi connectivity index (χ0n) is 2.48. The van der Waals surface area contributed by atoms with E-state index >= 15 is 0 Å². The summed E-state index contributed by atoms with van der Waals surface area (Å²) in [6, 6.07) is 0. The van der Waals surface area contributed by atoms with E-state index in [4.69, 9.17) is 23.6 Å². The summed E-state index contributed by atoms with van der Waals surface area (Å²) in [5, 5.41) is 2.88. The largest absolute Gasteiger partial charge is 0.0887 e. The van der Waals surface area contributed by atoms with Crippen molar-refractivity contribution in [3.05, 3.63) is 0 Å². The van der Waals surface area contributed by atoms with Crippen LogP contribution in [-0.2, 0) is 0 Å². The first kappa shape index (κ1) is 6.27. The van der Waals surface area contributed by atoms with Crippen molar-refractivity contribution in [1.82, 2.24) is 4.05 Å². The summed E-state index contributed by atoms with van der Waals surface area (Å²) < 4.78 is 3.15. The van der Waals surface area contributed by atoms with Gasteiger partial charge in [0.25, 0.3) is 0 Å². The van der Waals surface area contributed by atoms with Gasteiger partial charge in [-0.05, 0) is 5.22 Å². The molecule has 0 aromatic heterocycles. The Morgan fingerprint density at radius 2 is 1.83 bits per heavy atom. The first-order chi connectivity index (χ1) is 2.77. The fourth-order valence-electron chi connectivity index (χ4n) is 0.0256. The lowest BCUT2D eigenvalue weighted by Gasteiger charge is -1.84. The van der Waals surface area contributed by atoms with Gasteiger partial charge in [0.05, 0.1) is 35.3 Å². The SMILES string of the molecule is ClN=NN(Cl)Cl. The van der Waals surface area contributed by atoms with Gasteiger partial charge < -0.3 is 0 Å². The molecule has 0 aliphatic heterocycles. The maximum Gasteiger partial charge on any atom is 0.0622 e. The van der Waals surface area contributed by atoms with E-state index in [-0.39, 0.29) is 0 Å². The third-order valence-electron chi connectivity index (χ3n) is 0.101. The van der Waals surface area contributed by atoms with Crippen LogP contribution in [0.15, 0.2) is 9.86 Å². The van der Waals surface area contributed by atoms with Gasteiger partial charge in [-0.15, -0.1) is 0 Å². The van der Waals surface area contributed by atoms with E-state index in [1.54, 1.807) is 0 Å². The fourth-order valence-corrected chi connectivity index (χ4v) is 0.230. The summed E-state index contributed by atoms with van der Waals surface area (Å²) in [6.45, 7) is 0. The van der Waals surface area contributed by atoms with Gasteiger partial charge in [-0.25, -0.2) is 0 Å². The molecule has 0 unspecified atom stereocenters. The number of halogens is 3. The molecule has 0 saturated heterocycles. The highest BCUT2D eigenvalue weighted by molar-refractivity contribution is 6.33. The predicted molar refractivity (Wildman–Crippen MR) is 24.3 cm³/mol. The molecule has 0 amide bonds. The van der Waals surface area contributed by atoms with Crippen LogP contribution in [0.2, 0.25) is 0 Å². The Morgan fingerprint density at radius 1 is 1.33 bits per heavy atom. The van der Waals surface area contributed by atoms with E-state index in [0.717, 1.165) is 0 Å². The zero-order valence-corrected chi connectivity index (χ0v) is 4.74. The van der Waals surface area contributed by atoms with Crippen molar-refractivity contribution in [3.8, 4) is 0 Å². The summed E-state index contributed by atoms with van der Waals surface area (Å²) in [7, 11) is 0. The molecule has 0 heterocycles. The van der Waals surface area contributed by atoms with Crippen LogP contribution >= 0.6 is 35.3 Å². The lowest BCUT2D eigenvalue weighted by Crippen LogP contribution is -1.76. The van der Waals surface area contributed by atoms with Crippen LogP contribution in [0, 0.1) is 0 Å². The average Bonchev–Trinajstić information content (AvgIpc) is 1.35. The van der Waals surface area contributed by atoms with Gasteiger partial charge in [0.2, 0.25) is 0 Å². The van der Waals surface area contributed by atoms with Gasteiger partial charge in [-0.1, -0.05) is 8.68 Å². The van der Waals surface area contributed by atoms with Gasteiger partial charge in [0.1, 0.15) is 0 Å². The molecule has 0 radical (unpaired) electrons. The normalized spacial score (nSPS) is 9.83. The maximum atomic E-state index is 4.83. The predicted octanol–water partition coefficient (Wildman–Crippen LogP) is 2.12. The molecule has 0 aromatic rings. The minimum Gasteiger partial charge on any atom is -0.0887 e. The smallest absolute Gasteiger partial charge is 0.0622 e. The molecule has 0 spiro atoms. The van der Waals surface area contributed by atoms with Crippen molar-refractivity contribution in [2.24, 2.45) is 9.86 Å². The Hall–Kier alpha value is 0.270. The standard InChI is InChI=1S/Cl3N3/c1-4-5-6(2)3. The second-order valence-electron chi connectivity index (χ2n) is 0.380. The van der Waals surface area contributed by atoms with Crippen LogP contribution in [0.25, 0.3) is 0 Å².